The number of anilines is 1. The second kappa shape index (κ2) is 9.07. The summed E-state index contributed by atoms with van der Waals surface area (Å²) in [6, 6.07) is 18.0. The Morgan fingerprint density at radius 1 is 0.944 bits per heavy atom. The number of aromatic nitrogens is 6. The number of amides is 1. The summed E-state index contributed by atoms with van der Waals surface area (Å²) in [6.45, 7) is 1.98. The summed E-state index contributed by atoms with van der Waals surface area (Å²) in [5.74, 6) is -0.0125. The molecular weight excluding hydrogens is 450 g/mol. The van der Waals surface area contributed by atoms with Gasteiger partial charge in [-0.15, -0.1) is 0 Å². The minimum atomic E-state index is -0.0125. The molecule has 5 aromatic heterocycles. The first-order chi connectivity index (χ1) is 17.7. The van der Waals surface area contributed by atoms with Crippen molar-refractivity contribution in [2.45, 2.75) is 19.8 Å². The van der Waals surface area contributed by atoms with E-state index in [4.69, 9.17) is 0 Å². The average molecular weight is 474 g/mol. The normalized spacial score (nSPS) is 11.2. The van der Waals surface area contributed by atoms with Crippen molar-refractivity contribution >= 4 is 33.5 Å². The lowest BCUT2D eigenvalue weighted by molar-refractivity contribution is -0.116. The molecule has 6 aromatic rings. The molecule has 8 heteroatoms. The van der Waals surface area contributed by atoms with E-state index in [2.05, 4.69) is 47.6 Å². The van der Waals surface area contributed by atoms with E-state index in [1.807, 2.05) is 49.4 Å². The molecule has 36 heavy (non-hydrogen) atoms. The highest BCUT2D eigenvalue weighted by Crippen LogP contribution is 2.34. The molecule has 0 atom stereocenters. The Kier molecular flexibility index (Phi) is 5.46. The molecule has 0 saturated carbocycles. The minimum absolute atomic E-state index is 0.0125. The van der Waals surface area contributed by atoms with Crippen LogP contribution in [0.4, 0.5) is 5.69 Å². The third kappa shape index (κ3) is 3.98. The van der Waals surface area contributed by atoms with E-state index >= 15 is 0 Å². The lowest BCUT2D eigenvalue weighted by atomic mass is 10.0. The van der Waals surface area contributed by atoms with Crippen molar-refractivity contribution in [3.05, 3.63) is 79.4 Å². The van der Waals surface area contributed by atoms with Gasteiger partial charge in [0.15, 0.2) is 0 Å². The van der Waals surface area contributed by atoms with Crippen molar-refractivity contribution in [3.63, 3.8) is 0 Å². The summed E-state index contributed by atoms with van der Waals surface area (Å²) >= 11 is 0. The summed E-state index contributed by atoms with van der Waals surface area (Å²) in [4.78, 5) is 28.8. The largest absolute Gasteiger partial charge is 0.338 e. The molecule has 3 N–H and O–H groups in total. The quantitative estimate of drug-likeness (QED) is 0.276. The molecule has 8 nitrogen and oxygen atoms in total. The molecule has 0 bridgehead atoms. The van der Waals surface area contributed by atoms with E-state index in [-0.39, 0.29) is 5.91 Å². The number of carbonyl (C=O) groups excluding carboxylic acids is 1. The van der Waals surface area contributed by atoms with Gasteiger partial charge in [0, 0.05) is 46.9 Å². The molecule has 6 rings (SSSR count). The number of carbonyl (C=O) groups is 1. The van der Waals surface area contributed by atoms with Crippen molar-refractivity contribution in [1.29, 1.82) is 0 Å². The second-order valence-electron chi connectivity index (χ2n) is 8.61. The van der Waals surface area contributed by atoms with E-state index in [9.17, 15) is 4.79 Å². The molecule has 0 fully saturated rings. The van der Waals surface area contributed by atoms with Gasteiger partial charge < -0.3 is 10.3 Å². The number of pyridine rings is 3. The van der Waals surface area contributed by atoms with Gasteiger partial charge in [0.2, 0.25) is 5.91 Å². The predicted octanol–water partition coefficient (Wildman–Crippen LogP) is 5.97. The zero-order chi connectivity index (χ0) is 24.5. The van der Waals surface area contributed by atoms with Gasteiger partial charge >= 0.3 is 0 Å². The van der Waals surface area contributed by atoms with Crippen molar-refractivity contribution in [1.82, 2.24) is 30.1 Å². The van der Waals surface area contributed by atoms with Crippen LogP contribution in [0, 0.1) is 0 Å². The highest BCUT2D eigenvalue weighted by Gasteiger charge is 2.15. The molecule has 1 aromatic carbocycles. The molecule has 0 unspecified atom stereocenters. The van der Waals surface area contributed by atoms with Gasteiger partial charge in [0.05, 0.1) is 28.8 Å². The van der Waals surface area contributed by atoms with Crippen molar-refractivity contribution in [2.75, 3.05) is 5.32 Å². The smallest absolute Gasteiger partial charge is 0.224 e. The van der Waals surface area contributed by atoms with Crippen LogP contribution in [-0.2, 0) is 4.79 Å². The number of nitrogens with zero attached hydrogens (tertiary/aromatic N) is 4. The standard InChI is InChI=1S/C28H23N7O/c1-2-5-26(36)32-19-12-18(15-29-16-19)17-7-8-24-22(13-17)27(35-34-24)25-14-21-20(9-11-31-28(21)33-25)23-6-3-4-10-30-23/h3-4,6-16H,2,5H2,1H3,(H,31,33)(H,32,36)(H,34,35). The highest BCUT2D eigenvalue weighted by molar-refractivity contribution is 6.00. The van der Waals surface area contributed by atoms with Crippen molar-refractivity contribution in [2.24, 2.45) is 0 Å². The third-order valence-corrected chi connectivity index (χ3v) is 6.12. The van der Waals surface area contributed by atoms with E-state index in [0.717, 1.165) is 62.1 Å². The highest BCUT2D eigenvalue weighted by atomic mass is 16.1. The van der Waals surface area contributed by atoms with E-state index in [1.54, 1.807) is 24.8 Å². The van der Waals surface area contributed by atoms with Crippen LogP contribution >= 0.6 is 0 Å². The fraction of sp³-hybridized carbons (Fsp3) is 0.107. The van der Waals surface area contributed by atoms with E-state index < -0.39 is 0 Å². The first-order valence-electron chi connectivity index (χ1n) is 11.8. The monoisotopic (exact) mass is 473 g/mol. The molecule has 0 aliphatic heterocycles. The zero-order valence-electron chi connectivity index (χ0n) is 19.6. The SMILES string of the molecule is CCCC(=O)Nc1cncc(-c2ccc3[nH]nc(-c4cc5c(-c6ccccn6)ccnc5[nH]4)c3c2)c1. The van der Waals surface area contributed by atoms with Crippen LogP contribution < -0.4 is 5.32 Å². The average Bonchev–Trinajstić information content (AvgIpc) is 3.53. The van der Waals surface area contributed by atoms with Crippen LogP contribution in [0.25, 0.3) is 55.7 Å². The zero-order valence-corrected chi connectivity index (χ0v) is 19.6. The molecule has 0 spiro atoms. The molecule has 5 heterocycles. The maximum atomic E-state index is 12.0. The molecule has 0 radical (unpaired) electrons. The fourth-order valence-corrected chi connectivity index (χ4v) is 4.42. The van der Waals surface area contributed by atoms with Crippen LogP contribution in [-0.4, -0.2) is 36.0 Å². The number of hydrogen-bond acceptors (Lipinski definition) is 5. The van der Waals surface area contributed by atoms with Gasteiger partial charge in [-0.05, 0) is 54.4 Å². The molecule has 0 saturated heterocycles. The Morgan fingerprint density at radius 3 is 2.75 bits per heavy atom. The number of benzene rings is 1. The summed E-state index contributed by atoms with van der Waals surface area (Å²) in [5, 5.41) is 12.6. The molecule has 1 amide bonds. The Morgan fingerprint density at radius 2 is 1.89 bits per heavy atom. The Labute approximate surface area is 206 Å². The number of aromatic amines is 2. The number of hydrogen-bond donors (Lipinski definition) is 3. The van der Waals surface area contributed by atoms with Gasteiger partial charge in [-0.2, -0.15) is 5.10 Å². The van der Waals surface area contributed by atoms with Gasteiger partial charge in [-0.1, -0.05) is 19.1 Å². The first-order valence-corrected chi connectivity index (χ1v) is 11.8. The van der Waals surface area contributed by atoms with Gasteiger partial charge in [-0.25, -0.2) is 4.98 Å². The maximum Gasteiger partial charge on any atom is 0.224 e. The van der Waals surface area contributed by atoms with Gasteiger partial charge in [-0.3, -0.25) is 19.9 Å². The minimum Gasteiger partial charge on any atom is -0.338 e. The Balaban J connectivity index is 1.40. The molecular formula is C28H23N7O. The lowest BCUT2D eigenvalue weighted by Crippen LogP contribution is -2.10. The van der Waals surface area contributed by atoms with Crippen LogP contribution in [0.5, 0.6) is 0 Å². The second-order valence-corrected chi connectivity index (χ2v) is 8.61. The lowest BCUT2D eigenvalue weighted by Gasteiger charge is -2.07. The molecule has 0 aliphatic rings. The number of H-pyrrole nitrogens is 2. The maximum absolute atomic E-state index is 12.0. The Hall–Kier alpha value is -4.85. The fourth-order valence-electron chi connectivity index (χ4n) is 4.42. The van der Waals surface area contributed by atoms with Crippen LogP contribution in [0.2, 0.25) is 0 Å². The van der Waals surface area contributed by atoms with Crippen molar-refractivity contribution in [3.8, 4) is 33.8 Å². The van der Waals surface area contributed by atoms with E-state index in [0.29, 0.717) is 12.1 Å². The molecule has 0 aliphatic carbocycles. The van der Waals surface area contributed by atoms with Crippen LogP contribution in [0.3, 0.4) is 0 Å². The van der Waals surface area contributed by atoms with Gasteiger partial charge in [0.25, 0.3) is 0 Å². The Bertz CT molecular complexity index is 1700. The summed E-state index contributed by atoms with van der Waals surface area (Å²) in [7, 11) is 0. The van der Waals surface area contributed by atoms with E-state index in [1.165, 1.54) is 0 Å². The number of fused-ring (bicyclic) bond motifs is 2. The van der Waals surface area contributed by atoms with Crippen LogP contribution in [0.1, 0.15) is 19.8 Å². The van der Waals surface area contributed by atoms with Gasteiger partial charge in [0.1, 0.15) is 11.3 Å². The summed E-state index contributed by atoms with van der Waals surface area (Å²) in [6.07, 6.45) is 8.31. The summed E-state index contributed by atoms with van der Waals surface area (Å²) < 4.78 is 0. The summed E-state index contributed by atoms with van der Waals surface area (Å²) in [5.41, 5.74) is 7.84. The topological polar surface area (TPSA) is 112 Å². The predicted molar refractivity (Wildman–Crippen MR) is 141 cm³/mol. The molecule has 176 valence electrons. The number of rotatable bonds is 6. The van der Waals surface area contributed by atoms with Crippen LogP contribution in [0.15, 0.2) is 79.4 Å². The van der Waals surface area contributed by atoms with Crippen molar-refractivity contribution < 1.29 is 4.79 Å². The third-order valence-electron chi connectivity index (χ3n) is 6.12. The first kappa shape index (κ1) is 21.7. The number of nitrogens with one attached hydrogen (secondary N) is 3.